The Kier molecular flexibility index (Phi) is 6.48. The van der Waals surface area contributed by atoms with Gasteiger partial charge in [-0.15, -0.1) is 0 Å². The molecule has 164 valence electrons. The van der Waals surface area contributed by atoms with Gasteiger partial charge in [-0.25, -0.2) is 9.18 Å². The van der Waals surface area contributed by atoms with Crippen molar-refractivity contribution in [2.75, 3.05) is 6.61 Å². The number of ether oxygens (including phenoxy) is 1. The molecule has 0 aromatic heterocycles. The van der Waals surface area contributed by atoms with E-state index in [1.165, 1.54) is 41.3 Å². The van der Waals surface area contributed by atoms with E-state index in [0.29, 0.717) is 11.3 Å². The summed E-state index contributed by atoms with van der Waals surface area (Å²) in [5.41, 5.74) is 0.457. The quantitative estimate of drug-likeness (QED) is 0.479. The van der Waals surface area contributed by atoms with Crippen molar-refractivity contribution in [1.82, 2.24) is 4.90 Å². The van der Waals surface area contributed by atoms with E-state index in [1.807, 2.05) is 0 Å². The molecule has 2 aromatic carbocycles. The van der Waals surface area contributed by atoms with Crippen LogP contribution in [0.3, 0.4) is 0 Å². The first kappa shape index (κ1) is 22.5. The van der Waals surface area contributed by atoms with Gasteiger partial charge >= 0.3 is 12.1 Å². The predicted molar refractivity (Wildman–Crippen MR) is 105 cm³/mol. The highest BCUT2D eigenvalue weighted by Gasteiger charge is 2.38. The molecule has 1 aliphatic rings. The lowest BCUT2D eigenvalue weighted by Crippen LogP contribution is -2.38. The zero-order valence-electron chi connectivity index (χ0n) is 17.0. The summed E-state index contributed by atoms with van der Waals surface area (Å²) in [6.45, 7) is 3.37. The first-order valence-corrected chi connectivity index (χ1v) is 9.71. The summed E-state index contributed by atoms with van der Waals surface area (Å²) in [5.74, 6) is -2.31. The molecule has 2 aromatic rings. The number of carbonyl (C=O) groups is 2. The Bertz CT molecular complexity index is 1010. The summed E-state index contributed by atoms with van der Waals surface area (Å²) in [6, 6.07) is 10.2. The van der Waals surface area contributed by atoms with E-state index >= 15 is 0 Å². The minimum Gasteiger partial charge on any atom is -0.463 e. The summed E-state index contributed by atoms with van der Waals surface area (Å²) in [5, 5.41) is 0. The van der Waals surface area contributed by atoms with Crippen molar-refractivity contribution in [1.29, 1.82) is 0 Å². The Balaban J connectivity index is 2.04. The summed E-state index contributed by atoms with van der Waals surface area (Å²) in [4.78, 5) is 27.0. The summed E-state index contributed by atoms with van der Waals surface area (Å²) in [7, 11) is 0. The van der Waals surface area contributed by atoms with E-state index in [9.17, 15) is 27.2 Å². The summed E-state index contributed by atoms with van der Waals surface area (Å²) in [6.07, 6.45) is -4.74. The second-order valence-corrected chi connectivity index (χ2v) is 7.21. The smallest absolute Gasteiger partial charge is 0.416 e. The number of allylic oxidation sites excluding steroid dienone is 1. The SMILES string of the molecule is CCOC(=O)C1=C(C)N(Cc2ccc(F)cc2)C(=O)C[C@H]1c1cccc(C(F)(F)F)c1. The van der Waals surface area contributed by atoms with Gasteiger partial charge in [0.25, 0.3) is 0 Å². The highest BCUT2D eigenvalue weighted by atomic mass is 19.4. The molecular weight excluding hydrogens is 414 g/mol. The van der Waals surface area contributed by atoms with Crippen LogP contribution in [0.4, 0.5) is 17.6 Å². The Labute approximate surface area is 177 Å². The average molecular weight is 435 g/mol. The van der Waals surface area contributed by atoms with Gasteiger partial charge in [0.15, 0.2) is 0 Å². The van der Waals surface area contributed by atoms with Crippen LogP contribution in [-0.2, 0) is 27.0 Å². The van der Waals surface area contributed by atoms with Gasteiger partial charge in [0.05, 0.1) is 24.3 Å². The first-order chi connectivity index (χ1) is 14.6. The summed E-state index contributed by atoms with van der Waals surface area (Å²) < 4.78 is 57.9. The highest BCUT2D eigenvalue weighted by Crippen LogP contribution is 2.39. The Hall–Kier alpha value is -3.16. The van der Waals surface area contributed by atoms with Gasteiger partial charge in [-0.05, 0) is 43.2 Å². The van der Waals surface area contributed by atoms with Crippen molar-refractivity contribution in [3.63, 3.8) is 0 Å². The molecule has 1 aliphatic heterocycles. The molecule has 0 N–H and O–H groups in total. The van der Waals surface area contributed by atoms with Gasteiger partial charge in [0.2, 0.25) is 5.91 Å². The van der Waals surface area contributed by atoms with Crippen LogP contribution in [0.25, 0.3) is 0 Å². The molecule has 8 heteroatoms. The van der Waals surface area contributed by atoms with Gasteiger partial charge in [-0.3, -0.25) is 4.79 Å². The third-order valence-electron chi connectivity index (χ3n) is 5.19. The molecule has 0 fully saturated rings. The second kappa shape index (κ2) is 8.91. The molecule has 1 heterocycles. The van der Waals surface area contributed by atoms with Crippen LogP contribution in [0.15, 0.2) is 59.8 Å². The van der Waals surface area contributed by atoms with Crippen LogP contribution in [0.2, 0.25) is 0 Å². The number of carbonyl (C=O) groups excluding carboxylic acids is 2. The lowest BCUT2D eigenvalue weighted by Gasteiger charge is -2.34. The van der Waals surface area contributed by atoms with E-state index in [0.717, 1.165) is 12.1 Å². The van der Waals surface area contributed by atoms with Crippen LogP contribution < -0.4 is 0 Å². The van der Waals surface area contributed by atoms with Crippen LogP contribution in [0.1, 0.15) is 42.9 Å². The molecule has 0 aliphatic carbocycles. The molecule has 4 nitrogen and oxygen atoms in total. The maximum absolute atomic E-state index is 13.2. The van der Waals surface area contributed by atoms with Gasteiger partial charge in [0.1, 0.15) is 5.82 Å². The van der Waals surface area contributed by atoms with Crippen LogP contribution in [0, 0.1) is 5.82 Å². The molecule has 3 rings (SSSR count). The molecule has 0 saturated carbocycles. The van der Waals surface area contributed by atoms with Crippen molar-refractivity contribution >= 4 is 11.9 Å². The number of esters is 1. The second-order valence-electron chi connectivity index (χ2n) is 7.21. The molecule has 31 heavy (non-hydrogen) atoms. The molecule has 0 saturated heterocycles. The number of benzene rings is 2. The maximum Gasteiger partial charge on any atom is 0.416 e. The van der Waals surface area contributed by atoms with Gasteiger partial charge in [0, 0.05) is 18.0 Å². The number of hydrogen-bond acceptors (Lipinski definition) is 3. The van der Waals surface area contributed by atoms with Crippen molar-refractivity contribution < 1.29 is 31.9 Å². The van der Waals surface area contributed by atoms with Crippen molar-refractivity contribution in [2.24, 2.45) is 0 Å². The molecule has 0 bridgehead atoms. The lowest BCUT2D eigenvalue weighted by atomic mass is 9.83. The van der Waals surface area contributed by atoms with Gasteiger partial charge in [-0.1, -0.05) is 30.3 Å². The highest BCUT2D eigenvalue weighted by molar-refractivity contribution is 5.95. The third kappa shape index (κ3) is 4.95. The number of hydrogen-bond donors (Lipinski definition) is 0. The van der Waals surface area contributed by atoms with Gasteiger partial charge in [-0.2, -0.15) is 13.2 Å². The van der Waals surface area contributed by atoms with Crippen LogP contribution >= 0.6 is 0 Å². The fraction of sp³-hybridized carbons (Fsp3) is 0.304. The van der Waals surface area contributed by atoms with E-state index < -0.39 is 29.4 Å². The average Bonchev–Trinajstić information content (AvgIpc) is 2.71. The fourth-order valence-electron chi connectivity index (χ4n) is 3.67. The molecule has 1 amide bonds. The number of alkyl halides is 3. The fourth-order valence-corrected chi connectivity index (χ4v) is 3.67. The number of nitrogens with zero attached hydrogens (tertiary/aromatic N) is 1. The monoisotopic (exact) mass is 435 g/mol. The van der Waals surface area contributed by atoms with E-state index in [4.69, 9.17) is 4.74 Å². The molecular formula is C23H21F4NO3. The topological polar surface area (TPSA) is 46.6 Å². The zero-order chi connectivity index (χ0) is 22.8. The van der Waals surface area contributed by atoms with E-state index in [1.54, 1.807) is 13.8 Å². The van der Waals surface area contributed by atoms with Crippen molar-refractivity contribution in [3.8, 4) is 0 Å². The van der Waals surface area contributed by atoms with Crippen molar-refractivity contribution in [2.45, 2.75) is 38.9 Å². The normalized spacial score (nSPS) is 17.2. The standard InChI is InChI=1S/C23H21F4NO3/c1-3-31-22(30)21-14(2)28(13-15-7-9-18(24)10-8-15)20(29)12-19(21)16-5-4-6-17(11-16)23(25,26)27/h4-11,19H,3,12-13H2,1-2H3/t19-/m0/s1. The Morgan fingerprint density at radius 1 is 1.16 bits per heavy atom. The first-order valence-electron chi connectivity index (χ1n) is 9.71. The van der Waals surface area contributed by atoms with Crippen LogP contribution in [0.5, 0.6) is 0 Å². The Morgan fingerprint density at radius 2 is 1.84 bits per heavy atom. The number of rotatable bonds is 5. The number of halogens is 4. The predicted octanol–water partition coefficient (Wildman–Crippen LogP) is 5.20. The summed E-state index contributed by atoms with van der Waals surface area (Å²) >= 11 is 0. The van der Waals surface area contributed by atoms with E-state index in [2.05, 4.69) is 0 Å². The van der Waals surface area contributed by atoms with Gasteiger partial charge < -0.3 is 9.64 Å². The minimum atomic E-state index is -4.55. The molecule has 1 atom stereocenters. The number of amides is 1. The maximum atomic E-state index is 13.2. The molecule has 0 unspecified atom stereocenters. The Morgan fingerprint density at radius 3 is 2.45 bits per heavy atom. The van der Waals surface area contributed by atoms with E-state index in [-0.39, 0.29) is 36.6 Å². The minimum absolute atomic E-state index is 0.0802. The molecule has 0 spiro atoms. The largest absolute Gasteiger partial charge is 0.463 e. The van der Waals surface area contributed by atoms with Crippen LogP contribution in [-0.4, -0.2) is 23.4 Å². The van der Waals surface area contributed by atoms with Crippen molar-refractivity contribution in [3.05, 3.63) is 82.3 Å². The lowest BCUT2D eigenvalue weighted by molar-refractivity contribution is -0.140. The molecule has 0 radical (unpaired) electrons. The zero-order valence-corrected chi connectivity index (χ0v) is 17.0. The third-order valence-corrected chi connectivity index (χ3v) is 5.19.